The van der Waals surface area contributed by atoms with Crippen molar-refractivity contribution in [3.63, 3.8) is 0 Å². The Bertz CT molecular complexity index is 393. The van der Waals surface area contributed by atoms with E-state index in [2.05, 4.69) is 5.32 Å². The fourth-order valence-corrected chi connectivity index (χ4v) is 2.86. The van der Waals surface area contributed by atoms with Gasteiger partial charge in [0.1, 0.15) is 6.04 Å². The summed E-state index contributed by atoms with van der Waals surface area (Å²) in [6, 6.07) is -2.33. The van der Waals surface area contributed by atoms with Gasteiger partial charge in [-0.3, -0.25) is 9.36 Å². The lowest BCUT2D eigenvalue weighted by molar-refractivity contribution is -0.141. The number of carbonyl (C=O) groups is 2. The Hall–Kier alpha value is -0.600. The highest BCUT2D eigenvalue weighted by molar-refractivity contribution is 7.98. The van der Waals surface area contributed by atoms with E-state index in [1.165, 1.54) is 18.7 Å². The van der Waals surface area contributed by atoms with E-state index >= 15 is 0 Å². The molecule has 118 valence electrons. The molecule has 0 bridgehead atoms. The first-order valence-corrected chi connectivity index (χ1v) is 9.27. The third-order valence-corrected chi connectivity index (χ3v) is 5.47. The molecule has 8 nitrogen and oxygen atoms in total. The Morgan fingerprint density at radius 2 is 1.95 bits per heavy atom. The van der Waals surface area contributed by atoms with E-state index in [1.807, 2.05) is 6.26 Å². The van der Waals surface area contributed by atoms with Crippen molar-refractivity contribution in [2.75, 3.05) is 18.2 Å². The summed E-state index contributed by atoms with van der Waals surface area (Å²) in [7, 11) is -3.84. The van der Waals surface area contributed by atoms with Gasteiger partial charge in [-0.2, -0.15) is 11.8 Å². The second-order valence-corrected chi connectivity index (χ2v) is 8.14. The summed E-state index contributed by atoms with van der Waals surface area (Å²) in [6.45, 7) is 1.31. The molecule has 0 aromatic rings. The van der Waals surface area contributed by atoms with Crippen molar-refractivity contribution >= 4 is 31.0 Å². The first-order valence-electron chi connectivity index (χ1n) is 5.96. The van der Waals surface area contributed by atoms with Crippen LogP contribution in [0.2, 0.25) is 0 Å². The summed E-state index contributed by atoms with van der Waals surface area (Å²) < 4.78 is 11.7. The molecule has 20 heavy (non-hydrogen) atoms. The van der Waals surface area contributed by atoms with Crippen LogP contribution < -0.4 is 16.8 Å². The van der Waals surface area contributed by atoms with Gasteiger partial charge < -0.3 is 26.8 Å². The number of amides is 1. The summed E-state index contributed by atoms with van der Waals surface area (Å²) in [5.74, 6) is -2.46. The van der Waals surface area contributed by atoms with Crippen LogP contribution in [0.25, 0.3) is 0 Å². The second kappa shape index (κ2) is 8.63. The molecule has 0 aliphatic rings. The molecule has 0 aliphatic carbocycles. The highest BCUT2D eigenvalue weighted by Crippen LogP contribution is 2.44. The fourth-order valence-electron chi connectivity index (χ4n) is 1.27. The Morgan fingerprint density at radius 1 is 1.40 bits per heavy atom. The van der Waals surface area contributed by atoms with Crippen molar-refractivity contribution in [2.24, 2.45) is 11.5 Å². The molecule has 3 unspecified atom stereocenters. The molecule has 0 saturated heterocycles. The molecule has 10 heteroatoms. The number of nitrogens with two attached hydrogens (primary N) is 2. The van der Waals surface area contributed by atoms with Crippen LogP contribution in [0.5, 0.6) is 0 Å². The molecule has 0 fully saturated rings. The summed E-state index contributed by atoms with van der Waals surface area (Å²) in [6.07, 6.45) is 1.62. The molecule has 0 rings (SSSR count). The molecule has 0 radical (unpaired) electrons. The fraction of sp³-hybridized carbons (Fsp3) is 0.800. The average molecular weight is 327 g/mol. The van der Waals surface area contributed by atoms with Crippen LogP contribution in [0.1, 0.15) is 13.3 Å². The number of nitrogens with one attached hydrogen (secondary N) is 1. The maximum absolute atomic E-state index is 11.7. The highest BCUT2D eigenvalue weighted by Gasteiger charge is 2.33. The first-order chi connectivity index (χ1) is 9.11. The number of carbonyl (C=O) groups excluding carboxylic acids is 1. The van der Waals surface area contributed by atoms with Gasteiger partial charge in [0.2, 0.25) is 13.3 Å². The second-order valence-electron chi connectivity index (χ2n) is 4.47. The number of rotatable bonds is 9. The van der Waals surface area contributed by atoms with E-state index < -0.39 is 43.3 Å². The largest absolute Gasteiger partial charge is 0.480 e. The zero-order chi connectivity index (χ0) is 15.9. The van der Waals surface area contributed by atoms with E-state index in [-0.39, 0.29) is 0 Å². The minimum atomic E-state index is -3.84. The quantitative estimate of drug-likeness (QED) is 0.345. The Kier molecular flexibility index (Phi) is 8.38. The van der Waals surface area contributed by atoms with Gasteiger partial charge in [0, 0.05) is 0 Å². The Balaban J connectivity index is 4.68. The van der Waals surface area contributed by atoms with E-state index in [1.54, 1.807) is 0 Å². The van der Waals surface area contributed by atoms with Crippen molar-refractivity contribution in [1.82, 2.24) is 5.32 Å². The van der Waals surface area contributed by atoms with Crippen LogP contribution in [0.3, 0.4) is 0 Å². The van der Waals surface area contributed by atoms with Gasteiger partial charge in [-0.25, -0.2) is 4.79 Å². The lowest BCUT2D eigenvalue weighted by Crippen LogP contribution is -2.50. The topological polar surface area (TPSA) is 156 Å². The van der Waals surface area contributed by atoms with Crippen LogP contribution in [-0.2, 0) is 14.2 Å². The average Bonchev–Trinajstić information content (AvgIpc) is 2.34. The molecule has 0 aliphatic heterocycles. The zero-order valence-electron chi connectivity index (χ0n) is 11.5. The normalized spacial score (nSPS) is 18.6. The highest BCUT2D eigenvalue weighted by atomic mass is 32.2. The van der Waals surface area contributed by atoms with Crippen LogP contribution in [-0.4, -0.2) is 57.9 Å². The monoisotopic (exact) mass is 327 g/mol. The summed E-state index contributed by atoms with van der Waals surface area (Å²) in [5.41, 5.74) is 10.9. The van der Waals surface area contributed by atoms with Crippen molar-refractivity contribution in [2.45, 2.75) is 31.2 Å². The minimum Gasteiger partial charge on any atom is -0.480 e. The minimum absolute atomic E-state index is 0.392. The molecule has 7 N–H and O–H groups in total. The van der Waals surface area contributed by atoms with Crippen LogP contribution in [0.15, 0.2) is 0 Å². The zero-order valence-corrected chi connectivity index (χ0v) is 13.2. The molecule has 4 atom stereocenters. The van der Waals surface area contributed by atoms with Crippen molar-refractivity contribution in [3.8, 4) is 0 Å². The molecule has 0 heterocycles. The molecule has 0 saturated carbocycles. The van der Waals surface area contributed by atoms with Gasteiger partial charge in [0.05, 0.1) is 18.0 Å². The lowest BCUT2D eigenvalue weighted by atomic mass is 10.2. The third kappa shape index (κ3) is 6.71. The summed E-state index contributed by atoms with van der Waals surface area (Å²) in [4.78, 5) is 32.3. The molecule has 1 amide bonds. The predicted molar refractivity (Wildman–Crippen MR) is 78.9 cm³/mol. The van der Waals surface area contributed by atoms with Crippen molar-refractivity contribution in [1.29, 1.82) is 0 Å². The molecule has 0 spiro atoms. The van der Waals surface area contributed by atoms with E-state index in [4.69, 9.17) is 16.6 Å². The predicted octanol–water partition coefficient (Wildman–Crippen LogP) is -0.789. The maximum Gasteiger partial charge on any atom is 0.326 e. The van der Waals surface area contributed by atoms with Crippen LogP contribution in [0, 0.1) is 0 Å². The van der Waals surface area contributed by atoms with Gasteiger partial charge in [0.15, 0.2) is 0 Å². The van der Waals surface area contributed by atoms with Gasteiger partial charge in [-0.15, -0.1) is 0 Å². The van der Waals surface area contributed by atoms with E-state index in [9.17, 15) is 19.0 Å². The Morgan fingerprint density at radius 3 is 2.35 bits per heavy atom. The lowest BCUT2D eigenvalue weighted by Gasteiger charge is -2.22. The summed E-state index contributed by atoms with van der Waals surface area (Å²) >= 11 is 1.51. The number of carboxylic acids is 1. The first kappa shape index (κ1) is 19.4. The molecule has 0 aromatic carbocycles. The van der Waals surface area contributed by atoms with Crippen molar-refractivity contribution in [3.05, 3.63) is 0 Å². The van der Waals surface area contributed by atoms with Gasteiger partial charge in [0.25, 0.3) is 0 Å². The number of carboxylic acid groups (broad SMARTS) is 1. The van der Waals surface area contributed by atoms with E-state index in [0.29, 0.717) is 12.2 Å². The van der Waals surface area contributed by atoms with Crippen LogP contribution >= 0.6 is 19.1 Å². The van der Waals surface area contributed by atoms with Crippen LogP contribution in [0.4, 0.5) is 0 Å². The number of hydrogen-bond donors (Lipinski definition) is 5. The molecular formula is C10H22N3O5PS. The maximum atomic E-state index is 11.7. The molecular weight excluding hydrogens is 305 g/mol. The summed E-state index contributed by atoms with van der Waals surface area (Å²) in [5, 5.41) is 11.2. The number of aliphatic carboxylic acids is 1. The van der Waals surface area contributed by atoms with Gasteiger partial charge in [-0.05, 0) is 25.4 Å². The SMILES string of the molecule is CSCC[C@@H](N)C(=O)NC(CP(=O)(O)C(C)N)C(=O)O. The van der Waals surface area contributed by atoms with Crippen molar-refractivity contribution < 1.29 is 24.2 Å². The number of hydrogen-bond acceptors (Lipinski definition) is 6. The third-order valence-electron chi connectivity index (χ3n) is 2.66. The van der Waals surface area contributed by atoms with Gasteiger partial charge >= 0.3 is 5.97 Å². The Labute approximate surface area is 122 Å². The van der Waals surface area contributed by atoms with E-state index in [0.717, 1.165) is 0 Å². The van der Waals surface area contributed by atoms with Gasteiger partial charge in [-0.1, -0.05) is 0 Å². The smallest absolute Gasteiger partial charge is 0.326 e. The number of thioether (sulfide) groups is 1. The standard InChI is InChI=1S/C10H22N3O5PS/c1-6(11)19(17,18)5-8(10(15)16)13-9(14)7(12)3-4-20-2/h6-8H,3-5,11-12H2,1-2H3,(H,13,14)(H,15,16)(H,17,18)/t6?,7-,8?/m1/s1. The molecule has 0 aromatic heterocycles.